The number of halogens is 3. The summed E-state index contributed by atoms with van der Waals surface area (Å²) in [5.41, 5.74) is 10.4. The maximum Gasteiger partial charge on any atom is 0.490 e. The molecule has 0 saturated heterocycles. The highest BCUT2D eigenvalue weighted by Gasteiger charge is 2.38. The predicted octanol–water partition coefficient (Wildman–Crippen LogP) is 2.84. The molecule has 7 nitrogen and oxygen atoms in total. The molecule has 1 atom stereocenters. The van der Waals surface area contributed by atoms with Gasteiger partial charge in [-0.1, -0.05) is 24.3 Å². The van der Waals surface area contributed by atoms with E-state index in [1.54, 1.807) is 26.2 Å². The number of aliphatic carboxylic acids is 1. The second-order valence-electron chi connectivity index (χ2n) is 6.35. The van der Waals surface area contributed by atoms with Crippen LogP contribution in [-0.4, -0.2) is 42.4 Å². The number of nitrogens with two attached hydrogens (primary N) is 2. The molecule has 0 fully saturated rings. The topological polar surface area (TPSA) is 125 Å². The van der Waals surface area contributed by atoms with E-state index in [0.29, 0.717) is 30.9 Å². The molecule has 0 heterocycles. The molecule has 0 aliphatic rings. The van der Waals surface area contributed by atoms with Crippen LogP contribution < -0.4 is 20.9 Å². The van der Waals surface area contributed by atoms with E-state index in [9.17, 15) is 18.0 Å². The van der Waals surface area contributed by atoms with Crippen LogP contribution in [0.25, 0.3) is 10.8 Å². The first-order valence-corrected chi connectivity index (χ1v) is 8.50. The molecular formula is C19H23F3N2O5. The van der Waals surface area contributed by atoms with Crippen molar-refractivity contribution in [1.29, 1.82) is 0 Å². The van der Waals surface area contributed by atoms with E-state index >= 15 is 0 Å². The molecular weight excluding hydrogens is 393 g/mol. The number of ether oxygens (including phenoxy) is 2. The molecule has 2 rings (SSSR count). The third-order valence-electron chi connectivity index (χ3n) is 3.84. The Balaban J connectivity index is 0.000000516. The average molecular weight is 416 g/mol. The van der Waals surface area contributed by atoms with E-state index in [1.807, 2.05) is 24.3 Å². The fourth-order valence-corrected chi connectivity index (χ4v) is 2.27. The van der Waals surface area contributed by atoms with Crippen LogP contribution in [0.1, 0.15) is 19.8 Å². The zero-order chi connectivity index (χ0) is 22.2. The quantitative estimate of drug-likeness (QED) is 0.488. The number of hydrogen-bond donors (Lipinski definition) is 3. The monoisotopic (exact) mass is 416 g/mol. The van der Waals surface area contributed by atoms with Gasteiger partial charge in [-0.15, -0.1) is 0 Å². The van der Waals surface area contributed by atoms with Gasteiger partial charge in [-0.25, -0.2) is 9.59 Å². The van der Waals surface area contributed by atoms with E-state index < -0.39 is 23.7 Å². The van der Waals surface area contributed by atoms with Crippen molar-refractivity contribution < 1.29 is 37.3 Å². The van der Waals surface area contributed by atoms with Crippen molar-refractivity contribution in [2.24, 2.45) is 11.5 Å². The van der Waals surface area contributed by atoms with Gasteiger partial charge < -0.3 is 26.0 Å². The molecule has 0 radical (unpaired) electrons. The highest BCUT2D eigenvalue weighted by molar-refractivity contribution is 5.91. The van der Waals surface area contributed by atoms with Crippen molar-refractivity contribution in [3.05, 3.63) is 36.4 Å². The normalized spacial score (nSPS) is 13.1. The van der Waals surface area contributed by atoms with Gasteiger partial charge in [-0.3, -0.25) is 0 Å². The SMILES string of the molecule is COc1cc(OC(=O)[C@@](C)(N)CCCN)cc2ccccc12.O=C(O)C(F)(F)F. The fourth-order valence-electron chi connectivity index (χ4n) is 2.27. The number of benzene rings is 2. The molecule has 5 N–H and O–H groups in total. The highest BCUT2D eigenvalue weighted by Crippen LogP contribution is 2.31. The summed E-state index contributed by atoms with van der Waals surface area (Å²) in [7, 11) is 1.58. The first kappa shape index (κ1) is 24.2. The number of carbonyl (C=O) groups excluding carboxylic acids is 1. The zero-order valence-corrected chi connectivity index (χ0v) is 16.0. The minimum Gasteiger partial charge on any atom is -0.496 e. The lowest BCUT2D eigenvalue weighted by atomic mass is 9.97. The van der Waals surface area contributed by atoms with E-state index in [1.165, 1.54) is 0 Å². The number of fused-ring (bicyclic) bond motifs is 1. The van der Waals surface area contributed by atoms with E-state index in [2.05, 4.69) is 0 Å². The molecule has 0 aliphatic carbocycles. The van der Waals surface area contributed by atoms with Crippen molar-refractivity contribution in [3.63, 3.8) is 0 Å². The van der Waals surface area contributed by atoms with Gasteiger partial charge in [0.25, 0.3) is 0 Å². The van der Waals surface area contributed by atoms with E-state index in [4.69, 9.17) is 30.8 Å². The van der Waals surface area contributed by atoms with Crippen molar-refractivity contribution in [2.45, 2.75) is 31.5 Å². The average Bonchev–Trinajstić information content (AvgIpc) is 2.65. The van der Waals surface area contributed by atoms with Gasteiger partial charge in [-0.2, -0.15) is 13.2 Å². The summed E-state index contributed by atoms with van der Waals surface area (Å²) in [5, 5.41) is 9.02. The molecule has 0 amide bonds. The molecule has 0 aliphatic heterocycles. The summed E-state index contributed by atoms with van der Waals surface area (Å²) < 4.78 is 42.5. The van der Waals surface area contributed by atoms with Gasteiger partial charge in [0.1, 0.15) is 17.0 Å². The third kappa shape index (κ3) is 7.24. The Morgan fingerprint density at radius 1 is 1.17 bits per heavy atom. The maximum absolute atomic E-state index is 12.2. The molecule has 0 aromatic heterocycles. The lowest BCUT2D eigenvalue weighted by molar-refractivity contribution is -0.192. The number of rotatable bonds is 6. The van der Waals surface area contributed by atoms with Crippen LogP contribution in [0, 0.1) is 0 Å². The van der Waals surface area contributed by atoms with Crippen LogP contribution in [0.4, 0.5) is 13.2 Å². The first-order valence-electron chi connectivity index (χ1n) is 8.50. The Hall–Kier alpha value is -2.85. The van der Waals surface area contributed by atoms with Gasteiger partial charge in [0.05, 0.1) is 7.11 Å². The fraction of sp³-hybridized carbons (Fsp3) is 0.368. The molecule has 0 saturated carbocycles. The Morgan fingerprint density at radius 2 is 1.76 bits per heavy atom. The van der Waals surface area contributed by atoms with Crippen LogP contribution in [0.2, 0.25) is 0 Å². The predicted molar refractivity (Wildman–Crippen MR) is 101 cm³/mol. The van der Waals surface area contributed by atoms with Crippen molar-refractivity contribution in [1.82, 2.24) is 0 Å². The highest BCUT2D eigenvalue weighted by atomic mass is 19.4. The summed E-state index contributed by atoms with van der Waals surface area (Å²) in [6.45, 7) is 2.15. The first-order chi connectivity index (χ1) is 13.4. The zero-order valence-electron chi connectivity index (χ0n) is 16.0. The van der Waals surface area contributed by atoms with Crippen molar-refractivity contribution >= 4 is 22.7 Å². The lowest BCUT2D eigenvalue weighted by Crippen LogP contribution is -2.47. The number of hydrogen-bond acceptors (Lipinski definition) is 6. The van der Waals surface area contributed by atoms with Crippen LogP contribution in [0.3, 0.4) is 0 Å². The molecule has 10 heteroatoms. The number of carboxylic acids is 1. The number of carbonyl (C=O) groups is 2. The van der Waals surface area contributed by atoms with Crippen LogP contribution >= 0.6 is 0 Å². The molecule has 0 unspecified atom stereocenters. The minimum absolute atomic E-state index is 0.421. The Bertz CT molecular complexity index is 853. The molecule has 2 aromatic rings. The number of esters is 1. The maximum atomic E-state index is 12.2. The Labute approximate surface area is 165 Å². The number of methoxy groups -OCH3 is 1. The van der Waals surface area contributed by atoms with Gasteiger partial charge in [0.15, 0.2) is 0 Å². The summed E-state index contributed by atoms with van der Waals surface area (Å²) in [6, 6.07) is 11.2. The second-order valence-corrected chi connectivity index (χ2v) is 6.35. The molecule has 0 spiro atoms. The smallest absolute Gasteiger partial charge is 0.490 e. The third-order valence-corrected chi connectivity index (χ3v) is 3.84. The standard InChI is InChI=1S/C17H22N2O3.C2HF3O2/c1-17(19,8-5-9-18)16(20)22-13-10-12-6-3-4-7-14(12)15(11-13)21-2;3-2(4,5)1(6)7/h3-4,6-7,10-11H,5,8-9,18-19H2,1-2H3;(H,6,7)/t17-;/m0./s1. The Morgan fingerprint density at radius 3 is 2.28 bits per heavy atom. The van der Waals surface area contributed by atoms with E-state index in [0.717, 1.165) is 10.8 Å². The molecule has 160 valence electrons. The largest absolute Gasteiger partial charge is 0.496 e. The Kier molecular flexibility index (Phi) is 8.41. The van der Waals surface area contributed by atoms with Crippen molar-refractivity contribution in [3.8, 4) is 11.5 Å². The van der Waals surface area contributed by atoms with Crippen LogP contribution in [0.15, 0.2) is 36.4 Å². The van der Waals surface area contributed by atoms with Crippen LogP contribution in [0.5, 0.6) is 11.5 Å². The number of carboxylic acid groups (broad SMARTS) is 1. The van der Waals surface area contributed by atoms with Crippen LogP contribution in [-0.2, 0) is 9.59 Å². The molecule has 29 heavy (non-hydrogen) atoms. The molecule has 0 bridgehead atoms. The van der Waals surface area contributed by atoms with Gasteiger partial charge in [0, 0.05) is 11.5 Å². The van der Waals surface area contributed by atoms with Gasteiger partial charge >= 0.3 is 18.1 Å². The summed E-state index contributed by atoms with van der Waals surface area (Å²) in [6.07, 6.45) is -3.93. The van der Waals surface area contributed by atoms with Crippen molar-refractivity contribution in [2.75, 3.05) is 13.7 Å². The summed E-state index contributed by atoms with van der Waals surface area (Å²) in [5.74, 6) is -2.16. The van der Waals surface area contributed by atoms with Gasteiger partial charge in [0.2, 0.25) is 0 Å². The number of alkyl halides is 3. The summed E-state index contributed by atoms with van der Waals surface area (Å²) >= 11 is 0. The lowest BCUT2D eigenvalue weighted by Gasteiger charge is -2.22. The minimum atomic E-state index is -5.08. The van der Waals surface area contributed by atoms with Gasteiger partial charge in [-0.05, 0) is 37.8 Å². The second kappa shape index (κ2) is 10.1. The summed E-state index contributed by atoms with van der Waals surface area (Å²) in [4.78, 5) is 21.1. The van der Waals surface area contributed by atoms with E-state index in [-0.39, 0.29) is 0 Å². The molecule has 2 aromatic carbocycles.